The van der Waals surface area contributed by atoms with Gasteiger partial charge in [0.25, 0.3) is 0 Å². The number of halogens is 5. The highest BCUT2D eigenvalue weighted by atomic mass is 35.5. The van der Waals surface area contributed by atoms with Crippen LogP contribution in [0.3, 0.4) is 0 Å². The summed E-state index contributed by atoms with van der Waals surface area (Å²) in [6.07, 6.45) is -6.80. The van der Waals surface area contributed by atoms with Gasteiger partial charge in [-0.3, -0.25) is 0 Å². The number of rotatable bonds is 4. The average molecular weight is 449 g/mol. The number of carbonyl (C=O) groups is 2. The third kappa shape index (κ3) is 4.25. The van der Waals surface area contributed by atoms with Gasteiger partial charge >= 0.3 is 18.1 Å². The molecule has 0 amide bonds. The molecule has 152 valence electrons. The van der Waals surface area contributed by atoms with Crippen LogP contribution >= 0.6 is 23.2 Å². The van der Waals surface area contributed by atoms with E-state index < -0.39 is 29.8 Å². The van der Waals surface area contributed by atoms with E-state index in [1.807, 2.05) is 0 Å². The van der Waals surface area contributed by atoms with E-state index >= 15 is 0 Å². The third-order valence-electron chi connectivity index (χ3n) is 3.85. The van der Waals surface area contributed by atoms with Crippen LogP contribution in [0.4, 0.5) is 13.2 Å². The molecule has 3 rings (SSSR count). The lowest BCUT2D eigenvalue weighted by Crippen LogP contribution is -2.40. The number of ether oxygens (including phenoxy) is 2. The molecule has 0 bridgehead atoms. The molecule has 2 aromatic rings. The Balaban J connectivity index is 2.00. The predicted molar refractivity (Wildman–Crippen MR) is 96.0 cm³/mol. The van der Waals surface area contributed by atoms with Gasteiger partial charge < -0.3 is 19.7 Å². The van der Waals surface area contributed by atoms with Crippen LogP contribution < -0.4 is 9.47 Å². The Kier molecular flexibility index (Phi) is 5.38. The second kappa shape index (κ2) is 7.49. The number of aliphatic carboxylic acids is 1. The molecule has 2 N–H and O–H groups in total. The number of hydrogen-bond acceptors (Lipinski definition) is 4. The second-order valence-electron chi connectivity index (χ2n) is 5.82. The van der Waals surface area contributed by atoms with E-state index in [1.165, 1.54) is 18.2 Å². The molecule has 0 saturated carbocycles. The van der Waals surface area contributed by atoms with Crippen LogP contribution in [0.25, 0.3) is 6.08 Å². The van der Waals surface area contributed by atoms with Gasteiger partial charge in [-0.1, -0.05) is 23.2 Å². The number of carboxylic acid groups (broad SMARTS) is 2. The highest BCUT2D eigenvalue weighted by molar-refractivity contribution is 6.33. The number of hydrogen-bond donors (Lipinski definition) is 2. The molecular formula is C18H9Cl2F3O6. The molecule has 1 heterocycles. The van der Waals surface area contributed by atoms with E-state index in [9.17, 15) is 22.8 Å². The first kappa shape index (κ1) is 20.8. The molecule has 0 spiro atoms. The smallest absolute Gasteiger partial charge is 0.430 e. The summed E-state index contributed by atoms with van der Waals surface area (Å²) >= 11 is 12.1. The van der Waals surface area contributed by atoms with Gasteiger partial charge in [0.15, 0.2) is 0 Å². The highest BCUT2D eigenvalue weighted by Gasteiger charge is 2.48. The monoisotopic (exact) mass is 448 g/mol. The van der Waals surface area contributed by atoms with Crippen molar-refractivity contribution in [3.05, 3.63) is 57.1 Å². The Morgan fingerprint density at radius 2 is 1.66 bits per heavy atom. The van der Waals surface area contributed by atoms with Crippen LogP contribution in [0.1, 0.15) is 15.9 Å². The molecule has 0 unspecified atom stereocenters. The van der Waals surface area contributed by atoms with Gasteiger partial charge in [0, 0.05) is 11.6 Å². The third-order valence-corrected chi connectivity index (χ3v) is 4.44. The molecule has 11 heteroatoms. The van der Waals surface area contributed by atoms with Crippen molar-refractivity contribution in [3.63, 3.8) is 0 Å². The molecule has 0 saturated heterocycles. The van der Waals surface area contributed by atoms with Gasteiger partial charge in [-0.25, -0.2) is 9.59 Å². The van der Waals surface area contributed by atoms with E-state index in [-0.39, 0.29) is 38.4 Å². The van der Waals surface area contributed by atoms with Crippen LogP contribution in [0.5, 0.6) is 17.2 Å². The summed E-state index contributed by atoms with van der Waals surface area (Å²) in [5.41, 5.74) is -1.06. The van der Waals surface area contributed by atoms with E-state index in [4.69, 9.17) is 42.9 Å². The fraction of sp³-hybridized carbons (Fsp3) is 0.111. The lowest BCUT2D eigenvalue weighted by molar-refractivity contribution is -0.187. The maximum absolute atomic E-state index is 13.2. The minimum atomic E-state index is -4.96. The molecule has 0 aliphatic carbocycles. The Hall–Kier alpha value is -2.91. The van der Waals surface area contributed by atoms with Crippen molar-refractivity contribution >= 4 is 41.2 Å². The van der Waals surface area contributed by atoms with Gasteiger partial charge in [0.1, 0.15) is 17.2 Å². The fourth-order valence-corrected chi connectivity index (χ4v) is 2.96. The molecule has 29 heavy (non-hydrogen) atoms. The van der Waals surface area contributed by atoms with Crippen molar-refractivity contribution in [1.29, 1.82) is 0 Å². The molecular weight excluding hydrogens is 440 g/mol. The molecule has 1 atom stereocenters. The van der Waals surface area contributed by atoms with Gasteiger partial charge in [-0.2, -0.15) is 13.2 Å². The van der Waals surface area contributed by atoms with Gasteiger partial charge in [-0.05, 0) is 30.3 Å². The van der Waals surface area contributed by atoms with Crippen LogP contribution in [0.15, 0.2) is 35.9 Å². The topological polar surface area (TPSA) is 93.1 Å². The standard InChI is InChI=1S/C18H9Cl2F3O6/c19-10-4-7(16(24)25)1-2-12(10)28-14-6-13-8(5-11(14)20)3-9(17(26)27)15(29-13)18(21,22)23/h1-6,15H,(H,24,25)(H,26,27)/t15-/m0/s1. The Labute approximate surface area is 170 Å². The van der Waals surface area contributed by atoms with Crippen LogP contribution in [-0.4, -0.2) is 34.4 Å². The number of carboxylic acids is 2. The number of aromatic carboxylic acids is 1. The first-order chi connectivity index (χ1) is 13.5. The quantitative estimate of drug-likeness (QED) is 0.661. The van der Waals surface area contributed by atoms with Crippen LogP contribution in [0.2, 0.25) is 10.0 Å². The molecule has 0 radical (unpaired) electrons. The maximum Gasteiger partial charge on any atom is 0.430 e. The van der Waals surface area contributed by atoms with Gasteiger partial charge in [0.05, 0.1) is 21.2 Å². The normalized spacial score (nSPS) is 15.8. The molecule has 2 aromatic carbocycles. The van der Waals surface area contributed by atoms with Crippen LogP contribution in [-0.2, 0) is 4.79 Å². The van der Waals surface area contributed by atoms with E-state index in [0.717, 1.165) is 18.2 Å². The Morgan fingerprint density at radius 3 is 2.21 bits per heavy atom. The zero-order valence-corrected chi connectivity index (χ0v) is 15.5. The summed E-state index contributed by atoms with van der Waals surface area (Å²) in [4.78, 5) is 22.1. The Morgan fingerprint density at radius 1 is 1.00 bits per heavy atom. The molecule has 0 aromatic heterocycles. The SMILES string of the molecule is O=C(O)C1=Cc2cc(Cl)c(Oc3ccc(C(=O)O)cc3Cl)cc2O[C@@H]1C(F)(F)F. The largest absolute Gasteiger partial charge is 0.478 e. The highest BCUT2D eigenvalue weighted by Crippen LogP contribution is 2.43. The first-order valence-corrected chi connectivity index (χ1v) is 8.45. The number of benzene rings is 2. The minimum absolute atomic E-state index is 0.00321. The summed E-state index contributed by atoms with van der Waals surface area (Å²) < 4.78 is 49.9. The zero-order chi connectivity index (χ0) is 21.5. The first-order valence-electron chi connectivity index (χ1n) is 7.70. The number of fused-ring (bicyclic) bond motifs is 1. The lowest BCUT2D eigenvalue weighted by atomic mass is 10.0. The van der Waals surface area contributed by atoms with E-state index in [2.05, 4.69) is 0 Å². The van der Waals surface area contributed by atoms with Crippen LogP contribution in [0, 0.1) is 0 Å². The van der Waals surface area contributed by atoms with Crippen molar-refractivity contribution in [2.45, 2.75) is 12.3 Å². The zero-order valence-electron chi connectivity index (χ0n) is 14.0. The predicted octanol–water partition coefficient (Wildman–Crippen LogP) is 5.28. The summed E-state index contributed by atoms with van der Waals surface area (Å²) in [7, 11) is 0. The van der Waals surface area contributed by atoms with Crippen molar-refractivity contribution in [1.82, 2.24) is 0 Å². The van der Waals surface area contributed by atoms with E-state index in [1.54, 1.807) is 0 Å². The van der Waals surface area contributed by atoms with Crippen molar-refractivity contribution in [3.8, 4) is 17.2 Å². The second-order valence-corrected chi connectivity index (χ2v) is 6.63. The fourth-order valence-electron chi connectivity index (χ4n) is 2.53. The lowest BCUT2D eigenvalue weighted by Gasteiger charge is -2.27. The summed E-state index contributed by atoms with van der Waals surface area (Å²) in [6, 6.07) is 5.84. The molecule has 1 aliphatic heterocycles. The summed E-state index contributed by atoms with van der Waals surface area (Å²) in [5.74, 6) is -3.40. The maximum atomic E-state index is 13.2. The molecule has 1 aliphatic rings. The van der Waals surface area contributed by atoms with Crippen molar-refractivity contribution in [2.24, 2.45) is 0 Å². The van der Waals surface area contributed by atoms with Crippen molar-refractivity contribution in [2.75, 3.05) is 0 Å². The summed E-state index contributed by atoms with van der Waals surface area (Å²) in [6.45, 7) is 0. The number of alkyl halides is 3. The molecule has 0 fully saturated rings. The Bertz CT molecular complexity index is 1050. The van der Waals surface area contributed by atoms with Crippen molar-refractivity contribution < 1.29 is 42.4 Å². The minimum Gasteiger partial charge on any atom is -0.478 e. The van der Waals surface area contributed by atoms with Gasteiger partial charge in [-0.15, -0.1) is 0 Å². The van der Waals surface area contributed by atoms with Gasteiger partial charge in [0.2, 0.25) is 6.10 Å². The summed E-state index contributed by atoms with van der Waals surface area (Å²) in [5, 5.41) is 17.9. The average Bonchev–Trinajstić information content (AvgIpc) is 2.61. The van der Waals surface area contributed by atoms with E-state index in [0.29, 0.717) is 0 Å². The molecule has 6 nitrogen and oxygen atoms in total.